The highest BCUT2D eigenvalue weighted by molar-refractivity contribution is 7.12. The van der Waals surface area contributed by atoms with Crippen molar-refractivity contribution in [3.63, 3.8) is 0 Å². The average Bonchev–Trinajstić information content (AvgIpc) is 3.08. The Kier molecular flexibility index (Phi) is 6.95. The highest BCUT2D eigenvalue weighted by Gasteiger charge is 2.16. The summed E-state index contributed by atoms with van der Waals surface area (Å²) >= 11 is 1.35. The number of carbonyl (C=O) groups excluding carboxylic acids is 3. The van der Waals surface area contributed by atoms with E-state index >= 15 is 0 Å². The van der Waals surface area contributed by atoms with Gasteiger partial charge in [-0.1, -0.05) is 12.1 Å². The van der Waals surface area contributed by atoms with E-state index in [4.69, 9.17) is 4.74 Å². The number of benzene rings is 1. The summed E-state index contributed by atoms with van der Waals surface area (Å²) < 4.78 is 5.10. The fraction of sp³-hybridized carbons (Fsp3) is 0.316. The van der Waals surface area contributed by atoms with Gasteiger partial charge in [-0.2, -0.15) is 0 Å². The maximum atomic E-state index is 12.1. The average molecular weight is 389 g/mol. The van der Waals surface area contributed by atoms with E-state index in [9.17, 15) is 14.4 Å². The van der Waals surface area contributed by atoms with Crippen molar-refractivity contribution in [2.45, 2.75) is 32.8 Å². The molecule has 1 aromatic carbocycles. The van der Waals surface area contributed by atoms with Gasteiger partial charge in [0.15, 0.2) is 0 Å². The first-order chi connectivity index (χ1) is 12.7. The first kappa shape index (κ1) is 20.4. The van der Waals surface area contributed by atoms with Gasteiger partial charge in [0.25, 0.3) is 5.91 Å². The molecule has 0 unspecified atom stereocenters. The Morgan fingerprint density at radius 3 is 2.37 bits per heavy atom. The minimum atomic E-state index is -0.583. The molecule has 0 aliphatic heterocycles. The number of alkyl carbamates (subject to hydrolysis) is 1. The smallest absolute Gasteiger partial charge is 0.407 e. The highest BCUT2D eigenvalue weighted by Crippen LogP contribution is 2.17. The molecule has 7 nitrogen and oxygen atoms in total. The molecule has 1 aromatic heterocycles. The summed E-state index contributed by atoms with van der Waals surface area (Å²) in [6.45, 7) is 5.46. The summed E-state index contributed by atoms with van der Waals surface area (Å²) in [6, 6.07) is 10.4. The van der Waals surface area contributed by atoms with Gasteiger partial charge < -0.3 is 20.7 Å². The second-order valence-corrected chi connectivity index (χ2v) is 7.69. The predicted molar refractivity (Wildman–Crippen MR) is 106 cm³/mol. The summed E-state index contributed by atoms with van der Waals surface area (Å²) in [5, 5.41) is 9.88. The fourth-order valence-electron chi connectivity index (χ4n) is 2.09. The van der Waals surface area contributed by atoms with Gasteiger partial charge in [-0.15, -0.1) is 11.3 Å². The SMILES string of the molecule is CC(C)(C)OC(=O)NCCC(=O)Nc1cccc(NC(=O)c2cccs2)c1. The zero-order valence-corrected chi connectivity index (χ0v) is 16.3. The molecule has 3 amide bonds. The highest BCUT2D eigenvalue weighted by atomic mass is 32.1. The third-order valence-corrected chi connectivity index (χ3v) is 4.04. The van der Waals surface area contributed by atoms with Gasteiger partial charge in [0, 0.05) is 24.3 Å². The van der Waals surface area contributed by atoms with Gasteiger partial charge in [0.2, 0.25) is 5.91 Å². The lowest BCUT2D eigenvalue weighted by Crippen LogP contribution is -2.34. The standard InChI is InChI=1S/C19H23N3O4S/c1-19(2,3)26-18(25)20-10-9-16(23)21-13-6-4-7-14(12-13)22-17(24)15-8-5-11-27-15/h4-8,11-12H,9-10H2,1-3H3,(H,20,25)(H,21,23)(H,22,24). The van der Waals surface area contributed by atoms with Crippen molar-refractivity contribution in [1.29, 1.82) is 0 Å². The van der Waals surface area contributed by atoms with Crippen LogP contribution in [-0.4, -0.2) is 30.1 Å². The van der Waals surface area contributed by atoms with Crippen molar-refractivity contribution in [1.82, 2.24) is 5.32 Å². The van der Waals surface area contributed by atoms with Crippen LogP contribution in [0.2, 0.25) is 0 Å². The molecule has 0 bridgehead atoms. The van der Waals surface area contributed by atoms with E-state index in [1.807, 2.05) is 11.4 Å². The first-order valence-corrected chi connectivity index (χ1v) is 9.32. The minimum Gasteiger partial charge on any atom is -0.444 e. The van der Waals surface area contributed by atoms with Crippen LogP contribution in [0, 0.1) is 0 Å². The van der Waals surface area contributed by atoms with E-state index in [0.717, 1.165) is 0 Å². The van der Waals surface area contributed by atoms with Crippen molar-refractivity contribution >= 4 is 40.6 Å². The van der Waals surface area contributed by atoms with Crippen molar-refractivity contribution < 1.29 is 19.1 Å². The Balaban J connectivity index is 1.80. The summed E-state index contributed by atoms with van der Waals surface area (Å²) in [6.07, 6.45) is -0.459. The Morgan fingerprint density at radius 2 is 1.74 bits per heavy atom. The topological polar surface area (TPSA) is 96.5 Å². The van der Waals surface area contributed by atoms with Crippen molar-refractivity contribution in [2.75, 3.05) is 17.2 Å². The maximum Gasteiger partial charge on any atom is 0.407 e. The molecule has 1 heterocycles. The number of carbonyl (C=O) groups is 3. The fourth-order valence-corrected chi connectivity index (χ4v) is 2.71. The number of thiophene rings is 1. The Morgan fingerprint density at radius 1 is 1.04 bits per heavy atom. The largest absolute Gasteiger partial charge is 0.444 e. The molecule has 0 atom stereocenters. The molecule has 0 saturated carbocycles. The molecular weight excluding hydrogens is 366 g/mol. The molecule has 3 N–H and O–H groups in total. The summed E-state index contributed by atoms with van der Waals surface area (Å²) in [7, 11) is 0. The molecule has 27 heavy (non-hydrogen) atoms. The van der Waals surface area contributed by atoms with Crippen LogP contribution in [0.3, 0.4) is 0 Å². The van der Waals surface area contributed by atoms with Gasteiger partial charge in [-0.3, -0.25) is 9.59 Å². The van der Waals surface area contributed by atoms with Gasteiger partial charge in [-0.25, -0.2) is 4.79 Å². The van der Waals surface area contributed by atoms with Crippen molar-refractivity contribution in [3.8, 4) is 0 Å². The second-order valence-electron chi connectivity index (χ2n) is 6.74. The number of amides is 3. The number of hydrogen-bond donors (Lipinski definition) is 3. The monoisotopic (exact) mass is 389 g/mol. The Hall–Kier alpha value is -2.87. The van der Waals surface area contributed by atoms with Crippen molar-refractivity contribution in [3.05, 3.63) is 46.7 Å². The second kappa shape index (κ2) is 9.18. The first-order valence-electron chi connectivity index (χ1n) is 8.44. The van der Waals surface area contributed by atoms with Crippen molar-refractivity contribution in [2.24, 2.45) is 0 Å². The quantitative estimate of drug-likeness (QED) is 0.699. The molecular formula is C19H23N3O4S. The third-order valence-electron chi connectivity index (χ3n) is 3.17. The van der Waals surface area contributed by atoms with Crippen LogP contribution in [0.25, 0.3) is 0 Å². The molecule has 2 aromatic rings. The Labute approximate surface area is 162 Å². The summed E-state index contributed by atoms with van der Waals surface area (Å²) in [5.41, 5.74) is 0.555. The van der Waals surface area contributed by atoms with Gasteiger partial charge in [0.1, 0.15) is 5.60 Å². The lowest BCUT2D eigenvalue weighted by molar-refractivity contribution is -0.116. The van der Waals surface area contributed by atoms with E-state index in [0.29, 0.717) is 16.3 Å². The maximum absolute atomic E-state index is 12.1. The lowest BCUT2D eigenvalue weighted by Gasteiger charge is -2.19. The van der Waals surface area contributed by atoms with E-state index in [1.165, 1.54) is 11.3 Å². The molecule has 0 aliphatic carbocycles. The van der Waals surface area contributed by atoms with Crippen LogP contribution in [-0.2, 0) is 9.53 Å². The molecule has 0 saturated heterocycles. The number of ether oxygens (including phenoxy) is 1. The third kappa shape index (κ3) is 7.49. The summed E-state index contributed by atoms with van der Waals surface area (Å²) in [4.78, 5) is 36.2. The molecule has 0 radical (unpaired) electrons. The molecule has 8 heteroatoms. The van der Waals surface area contributed by atoms with Crippen LogP contribution >= 0.6 is 11.3 Å². The van der Waals surface area contributed by atoms with Gasteiger partial charge >= 0.3 is 6.09 Å². The van der Waals surface area contributed by atoms with E-state index < -0.39 is 11.7 Å². The zero-order valence-electron chi connectivity index (χ0n) is 15.5. The Bertz CT molecular complexity index is 798. The molecule has 144 valence electrons. The molecule has 0 fully saturated rings. The summed E-state index contributed by atoms with van der Waals surface area (Å²) in [5.74, 6) is -0.456. The van der Waals surface area contributed by atoms with Crippen LogP contribution < -0.4 is 16.0 Å². The van der Waals surface area contributed by atoms with E-state index in [-0.39, 0.29) is 24.8 Å². The number of anilines is 2. The number of hydrogen-bond acceptors (Lipinski definition) is 5. The van der Waals surface area contributed by atoms with Gasteiger partial charge in [0.05, 0.1) is 4.88 Å². The van der Waals surface area contributed by atoms with Crippen LogP contribution in [0.5, 0.6) is 0 Å². The predicted octanol–water partition coefficient (Wildman–Crippen LogP) is 3.85. The van der Waals surface area contributed by atoms with Gasteiger partial charge in [-0.05, 0) is 50.4 Å². The molecule has 2 rings (SSSR count). The van der Waals surface area contributed by atoms with Crippen LogP contribution in [0.15, 0.2) is 41.8 Å². The molecule has 0 spiro atoms. The van der Waals surface area contributed by atoms with E-state index in [1.54, 1.807) is 51.1 Å². The van der Waals surface area contributed by atoms with Crippen LogP contribution in [0.1, 0.15) is 36.9 Å². The number of rotatable bonds is 6. The lowest BCUT2D eigenvalue weighted by atomic mass is 10.2. The van der Waals surface area contributed by atoms with E-state index in [2.05, 4.69) is 16.0 Å². The van der Waals surface area contributed by atoms with Crippen LogP contribution in [0.4, 0.5) is 16.2 Å². The molecule has 0 aliphatic rings. The zero-order chi connectivity index (χ0) is 19.9. The minimum absolute atomic E-state index is 0.102. The normalized spacial score (nSPS) is 10.8. The number of nitrogens with one attached hydrogen (secondary N) is 3.